The molecule has 2 heterocycles. The molecule has 1 fully saturated rings. The molecule has 0 aromatic carbocycles. The zero-order valence-corrected chi connectivity index (χ0v) is 13.7. The van der Waals surface area contributed by atoms with Gasteiger partial charge in [-0.3, -0.25) is 4.79 Å². The lowest BCUT2D eigenvalue weighted by Crippen LogP contribution is -2.36. The molecule has 0 radical (unpaired) electrons. The fourth-order valence-electron chi connectivity index (χ4n) is 2.01. The van der Waals surface area contributed by atoms with Crippen LogP contribution in [0.2, 0.25) is 0 Å². The van der Waals surface area contributed by atoms with Gasteiger partial charge in [-0.25, -0.2) is 12.7 Å². The molecule has 0 unspecified atom stereocenters. The van der Waals surface area contributed by atoms with Crippen molar-refractivity contribution in [1.82, 2.24) is 9.21 Å². The molecular weight excluding hydrogens is 352 g/mol. The van der Waals surface area contributed by atoms with Crippen LogP contribution in [0.15, 0.2) is 15.9 Å². The average molecular weight is 367 g/mol. The third-order valence-electron chi connectivity index (χ3n) is 2.99. The van der Waals surface area contributed by atoms with Gasteiger partial charge in [-0.15, -0.1) is 11.3 Å². The van der Waals surface area contributed by atoms with Crippen LogP contribution in [0.25, 0.3) is 0 Å². The Morgan fingerprint density at radius 1 is 1.32 bits per heavy atom. The van der Waals surface area contributed by atoms with E-state index in [1.807, 2.05) is 5.38 Å². The normalized spacial score (nSPS) is 18.3. The van der Waals surface area contributed by atoms with E-state index in [1.165, 1.54) is 21.9 Å². The summed E-state index contributed by atoms with van der Waals surface area (Å²) in [6, 6.07) is 1.80. The second kappa shape index (κ2) is 5.90. The molecule has 8 heteroatoms. The largest absolute Gasteiger partial charge is 0.337 e. The highest BCUT2D eigenvalue weighted by molar-refractivity contribution is 9.10. The third-order valence-corrected chi connectivity index (χ3v) is 5.97. The molecule has 1 saturated heterocycles. The minimum atomic E-state index is -3.17. The number of amides is 1. The van der Waals surface area contributed by atoms with E-state index in [1.54, 1.807) is 11.0 Å². The van der Waals surface area contributed by atoms with Crippen LogP contribution in [-0.4, -0.2) is 56.0 Å². The van der Waals surface area contributed by atoms with Gasteiger partial charge in [-0.1, -0.05) is 0 Å². The van der Waals surface area contributed by atoms with E-state index in [0.29, 0.717) is 37.5 Å². The summed E-state index contributed by atoms with van der Waals surface area (Å²) < 4.78 is 25.3. The zero-order valence-electron chi connectivity index (χ0n) is 10.5. The Kier molecular flexibility index (Phi) is 4.65. The van der Waals surface area contributed by atoms with Crippen LogP contribution in [0, 0.1) is 0 Å². The topological polar surface area (TPSA) is 57.7 Å². The number of hydrogen-bond acceptors (Lipinski definition) is 4. The molecule has 0 N–H and O–H groups in total. The van der Waals surface area contributed by atoms with Crippen molar-refractivity contribution in [3.8, 4) is 0 Å². The number of nitrogens with zero attached hydrogens (tertiary/aromatic N) is 2. The molecule has 0 spiro atoms. The summed E-state index contributed by atoms with van der Waals surface area (Å²) in [6.07, 6.45) is 1.88. The first-order valence-electron chi connectivity index (χ1n) is 5.86. The molecular formula is C11H15BrN2O3S2. The van der Waals surface area contributed by atoms with Crippen molar-refractivity contribution in [1.29, 1.82) is 0 Å². The zero-order chi connectivity index (χ0) is 14.0. The number of carbonyl (C=O) groups is 1. The molecule has 5 nitrogen and oxygen atoms in total. The van der Waals surface area contributed by atoms with Gasteiger partial charge in [-0.05, 0) is 28.4 Å². The van der Waals surface area contributed by atoms with Crippen LogP contribution in [0.1, 0.15) is 16.1 Å². The summed E-state index contributed by atoms with van der Waals surface area (Å²) in [6.45, 7) is 1.90. The fraction of sp³-hybridized carbons (Fsp3) is 0.545. The molecule has 1 amide bonds. The summed E-state index contributed by atoms with van der Waals surface area (Å²) in [5, 5.41) is 1.87. The minimum Gasteiger partial charge on any atom is -0.337 e. The molecule has 1 aliphatic rings. The molecule has 0 bridgehead atoms. The lowest BCUT2D eigenvalue weighted by atomic mass is 10.3. The Balaban J connectivity index is 2.05. The van der Waals surface area contributed by atoms with Crippen molar-refractivity contribution in [3.05, 3.63) is 20.8 Å². The summed E-state index contributed by atoms with van der Waals surface area (Å²) in [7, 11) is -3.17. The molecule has 1 aromatic rings. The first-order chi connectivity index (χ1) is 8.88. The van der Waals surface area contributed by atoms with E-state index in [-0.39, 0.29) is 5.91 Å². The molecule has 1 aromatic heterocycles. The molecule has 1 aliphatic heterocycles. The summed E-state index contributed by atoms with van der Waals surface area (Å²) >= 11 is 4.72. The van der Waals surface area contributed by atoms with Crippen molar-refractivity contribution < 1.29 is 13.2 Å². The SMILES string of the molecule is CS(=O)(=O)N1CCCN(C(=O)c2cc(Br)cs2)CC1. The number of thiophene rings is 1. The maximum absolute atomic E-state index is 12.3. The highest BCUT2D eigenvalue weighted by Crippen LogP contribution is 2.22. The molecule has 19 heavy (non-hydrogen) atoms. The molecule has 0 atom stereocenters. The number of hydrogen-bond donors (Lipinski definition) is 0. The summed E-state index contributed by atoms with van der Waals surface area (Å²) in [5.41, 5.74) is 0. The van der Waals surface area contributed by atoms with Crippen LogP contribution in [-0.2, 0) is 10.0 Å². The van der Waals surface area contributed by atoms with Crippen LogP contribution < -0.4 is 0 Å². The highest BCUT2D eigenvalue weighted by atomic mass is 79.9. The maximum Gasteiger partial charge on any atom is 0.264 e. The number of carbonyl (C=O) groups excluding carboxylic acids is 1. The van der Waals surface area contributed by atoms with Gasteiger partial charge in [0, 0.05) is 36.0 Å². The average Bonchev–Trinajstić information content (AvgIpc) is 2.62. The number of halogens is 1. The predicted octanol–water partition coefficient (Wildman–Crippen LogP) is 1.62. The van der Waals surface area contributed by atoms with Crippen LogP contribution in [0.5, 0.6) is 0 Å². The second-order valence-electron chi connectivity index (χ2n) is 4.44. The van der Waals surface area contributed by atoms with Crippen molar-refractivity contribution in [3.63, 3.8) is 0 Å². The van der Waals surface area contributed by atoms with Crippen molar-refractivity contribution in [2.75, 3.05) is 32.4 Å². The fourth-order valence-corrected chi connectivity index (χ4v) is 4.28. The summed E-state index contributed by atoms with van der Waals surface area (Å²) in [4.78, 5) is 14.7. The van der Waals surface area contributed by atoms with Crippen molar-refractivity contribution in [2.24, 2.45) is 0 Å². The predicted molar refractivity (Wildman–Crippen MR) is 79.0 cm³/mol. The lowest BCUT2D eigenvalue weighted by molar-refractivity contribution is 0.0769. The minimum absolute atomic E-state index is 0.0222. The van der Waals surface area contributed by atoms with Crippen LogP contribution in [0.3, 0.4) is 0 Å². The van der Waals surface area contributed by atoms with Gasteiger partial charge >= 0.3 is 0 Å². The van der Waals surface area contributed by atoms with Crippen molar-refractivity contribution in [2.45, 2.75) is 6.42 Å². The quantitative estimate of drug-likeness (QED) is 0.798. The first-order valence-corrected chi connectivity index (χ1v) is 9.38. The van der Waals surface area contributed by atoms with Gasteiger partial charge in [0.1, 0.15) is 0 Å². The monoisotopic (exact) mass is 366 g/mol. The highest BCUT2D eigenvalue weighted by Gasteiger charge is 2.24. The smallest absolute Gasteiger partial charge is 0.264 e. The first kappa shape index (κ1) is 15.0. The van der Waals surface area contributed by atoms with E-state index in [4.69, 9.17) is 0 Å². The lowest BCUT2D eigenvalue weighted by Gasteiger charge is -2.20. The van der Waals surface area contributed by atoms with Gasteiger partial charge in [0.2, 0.25) is 10.0 Å². The van der Waals surface area contributed by atoms with Gasteiger partial charge in [0.15, 0.2) is 0 Å². The summed E-state index contributed by atoms with van der Waals surface area (Å²) in [5.74, 6) is -0.0222. The molecule has 0 aliphatic carbocycles. The number of rotatable bonds is 2. The van der Waals surface area contributed by atoms with E-state index in [0.717, 1.165) is 4.47 Å². The van der Waals surface area contributed by atoms with Gasteiger partial charge in [0.05, 0.1) is 11.1 Å². The van der Waals surface area contributed by atoms with E-state index in [2.05, 4.69) is 15.9 Å². The third kappa shape index (κ3) is 3.77. The number of sulfonamides is 1. The van der Waals surface area contributed by atoms with Crippen molar-refractivity contribution >= 4 is 43.2 Å². The van der Waals surface area contributed by atoms with Crippen LogP contribution >= 0.6 is 27.3 Å². The molecule has 0 saturated carbocycles. The Morgan fingerprint density at radius 3 is 2.63 bits per heavy atom. The van der Waals surface area contributed by atoms with E-state index in [9.17, 15) is 13.2 Å². The van der Waals surface area contributed by atoms with E-state index >= 15 is 0 Å². The van der Waals surface area contributed by atoms with Gasteiger partial charge < -0.3 is 4.90 Å². The Morgan fingerprint density at radius 2 is 2.05 bits per heavy atom. The van der Waals surface area contributed by atoms with Gasteiger partial charge in [-0.2, -0.15) is 0 Å². The standard InChI is InChI=1S/C11H15BrN2O3S2/c1-19(16,17)14-4-2-3-13(5-6-14)11(15)10-7-9(12)8-18-10/h7-8H,2-6H2,1H3. The van der Waals surface area contributed by atoms with Gasteiger partial charge in [0.25, 0.3) is 5.91 Å². The second-order valence-corrected chi connectivity index (χ2v) is 8.25. The van der Waals surface area contributed by atoms with E-state index < -0.39 is 10.0 Å². The molecule has 2 rings (SSSR count). The maximum atomic E-state index is 12.3. The Bertz CT molecular complexity index is 570. The Labute approximate surface area is 125 Å². The van der Waals surface area contributed by atoms with Crippen LogP contribution in [0.4, 0.5) is 0 Å². The molecule has 106 valence electrons. The Hall–Kier alpha value is -0.440.